The molecule has 1 amide bonds. The number of alkyl carbamates (subject to hydrolysis) is 1. The van der Waals surface area contributed by atoms with E-state index in [0.29, 0.717) is 11.8 Å². The number of amides is 1. The lowest BCUT2D eigenvalue weighted by atomic mass is 9.84. The second-order valence-electron chi connectivity index (χ2n) is 3.86. The van der Waals surface area contributed by atoms with Gasteiger partial charge in [-0.2, -0.15) is 0 Å². The van der Waals surface area contributed by atoms with Gasteiger partial charge in [0.1, 0.15) is 6.10 Å². The highest BCUT2D eigenvalue weighted by molar-refractivity contribution is 5.68. The number of hydrogen-bond acceptors (Lipinski definition) is 2. The molecule has 1 aliphatic heterocycles. The predicted octanol–water partition coefficient (Wildman–Crippen LogP) is 1.78. The van der Waals surface area contributed by atoms with Gasteiger partial charge >= 0.3 is 6.09 Å². The molecule has 0 aromatic carbocycles. The first-order valence-electron chi connectivity index (χ1n) is 4.49. The fourth-order valence-corrected chi connectivity index (χ4v) is 2.09. The average molecular weight is 171 g/mol. The summed E-state index contributed by atoms with van der Waals surface area (Å²) in [5, 5.41) is 2.78. The Morgan fingerprint density at radius 1 is 1.42 bits per heavy atom. The Bertz CT molecular complexity index is 165. The molecular weight excluding hydrogens is 154 g/mol. The van der Waals surface area contributed by atoms with Crippen molar-refractivity contribution in [3.63, 3.8) is 0 Å². The third-order valence-corrected chi connectivity index (χ3v) is 2.53. The van der Waals surface area contributed by atoms with Crippen molar-refractivity contribution in [2.24, 2.45) is 11.8 Å². The van der Waals surface area contributed by atoms with Crippen molar-refractivity contribution in [3.05, 3.63) is 0 Å². The number of carbonyl (C=O) groups excluding carboxylic acids is 1. The van der Waals surface area contributed by atoms with E-state index in [1.165, 1.54) is 0 Å². The topological polar surface area (TPSA) is 38.3 Å². The Balaban J connectivity index is 2.66. The Morgan fingerprint density at radius 2 is 2.00 bits per heavy atom. The first-order chi connectivity index (χ1) is 5.52. The van der Waals surface area contributed by atoms with Crippen LogP contribution in [-0.2, 0) is 4.74 Å². The predicted molar refractivity (Wildman–Crippen MR) is 46.9 cm³/mol. The molecular formula is C9H17NO2. The van der Waals surface area contributed by atoms with Gasteiger partial charge in [-0.3, -0.25) is 0 Å². The fourth-order valence-electron chi connectivity index (χ4n) is 2.09. The molecule has 1 N–H and O–H groups in total. The molecule has 0 unspecified atom stereocenters. The van der Waals surface area contributed by atoms with Crippen LogP contribution in [0.3, 0.4) is 0 Å². The van der Waals surface area contributed by atoms with Crippen LogP contribution >= 0.6 is 0 Å². The van der Waals surface area contributed by atoms with Gasteiger partial charge in [-0.1, -0.05) is 13.8 Å². The van der Waals surface area contributed by atoms with Crippen molar-refractivity contribution in [2.75, 3.05) is 0 Å². The van der Waals surface area contributed by atoms with Crippen molar-refractivity contribution in [1.82, 2.24) is 5.32 Å². The van der Waals surface area contributed by atoms with Crippen molar-refractivity contribution in [3.8, 4) is 0 Å². The molecule has 0 aromatic heterocycles. The number of nitrogens with one attached hydrogen (secondary N) is 1. The molecule has 1 aliphatic rings. The molecule has 3 nitrogen and oxygen atoms in total. The second kappa shape index (κ2) is 3.33. The molecule has 0 bridgehead atoms. The summed E-state index contributed by atoms with van der Waals surface area (Å²) in [5.41, 5.74) is 0. The van der Waals surface area contributed by atoms with Crippen LogP contribution < -0.4 is 5.32 Å². The normalized spacial score (nSPS) is 36.1. The Morgan fingerprint density at radius 3 is 2.42 bits per heavy atom. The first kappa shape index (κ1) is 9.36. The Hall–Kier alpha value is -0.730. The van der Waals surface area contributed by atoms with E-state index in [9.17, 15) is 4.79 Å². The molecule has 3 heteroatoms. The van der Waals surface area contributed by atoms with Crippen LogP contribution in [0.25, 0.3) is 0 Å². The summed E-state index contributed by atoms with van der Waals surface area (Å²) in [6.07, 6.45) is -0.249. The van der Waals surface area contributed by atoms with E-state index in [2.05, 4.69) is 19.2 Å². The van der Waals surface area contributed by atoms with Crippen LogP contribution in [0.2, 0.25) is 0 Å². The molecule has 70 valence electrons. The van der Waals surface area contributed by atoms with E-state index in [1.807, 2.05) is 13.8 Å². The number of hydrogen-bond donors (Lipinski definition) is 1. The fraction of sp³-hybridized carbons (Fsp3) is 0.889. The Kier molecular flexibility index (Phi) is 2.60. The largest absolute Gasteiger partial charge is 0.446 e. The minimum Gasteiger partial charge on any atom is -0.446 e. The molecule has 1 heterocycles. The highest BCUT2D eigenvalue weighted by atomic mass is 16.6. The summed E-state index contributed by atoms with van der Waals surface area (Å²) >= 11 is 0. The summed E-state index contributed by atoms with van der Waals surface area (Å²) in [6.45, 7) is 8.29. The lowest BCUT2D eigenvalue weighted by Crippen LogP contribution is -2.52. The van der Waals surface area contributed by atoms with Gasteiger partial charge in [-0.25, -0.2) is 4.79 Å². The van der Waals surface area contributed by atoms with Crippen molar-refractivity contribution >= 4 is 6.09 Å². The van der Waals surface area contributed by atoms with E-state index < -0.39 is 0 Å². The molecule has 0 aromatic rings. The smallest absolute Gasteiger partial charge is 0.407 e. The van der Waals surface area contributed by atoms with Gasteiger partial charge in [0, 0.05) is 12.0 Å². The molecule has 3 atom stereocenters. The van der Waals surface area contributed by atoms with Gasteiger partial charge in [-0.15, -0.1) is 0 Å². The highest BCUT2D eigenvalue weighted by Gasteiger charge is 2.34. The standard InChI is InChI=1S/C9H17NO2/c1-5(2)8-6(3)10-9(11)12-7(8)4/h5-8H,1-4H3,(H,10,11)/t6-,7+,8-/m1/s1. The van der Waals surface area contributed by atoms with Crippen LogP contribution in [0.5, 0.6) is 0 Å². The number of rotatable bonds is 1. The van der Waals surface area contributed by atoms with Crippen LogP contribution in [0.15, 0.2) is 0 Å². The summed E-state index contributed by atoms with van der Waals surface area (Å²) in [4.78, 5) is 10.9. The minimum absolute atomic E-state index is 0.0359. The van der Waals surface area contributed by atoms with Gasteiger partial charge in [0.2, 0.25) is 0 Å². The highest BCUT2D eigenvalue weighted by Crippen LogP contribution is 2.24. The van der Waals surface area contributed by atoms with Gasteiger partial charge in [0.05, 0.1) is 0 Å². The average Bonchev–Trinajstić information content (AvgIpc) is 1.82. The Labute approximate surface area is 73.5 Å². The zero-order valence-corrected chi connectivity index (χ0v) is 8.13. The number of carbonyl (C=O) groups is 1. The maximum Gasteiger partial charge on any atom is 0.407 e. The van der Waals surface area contributed by atoms with Gasteiger partial charge in [-0.05, 0) is 19.8 Å². The third kappa shape index (κ3) is 1.71. The molecule has 1 saturated heterocycles. The molecule has 0 saturated carbocycles. The van der Waals surface area contributed by atoms with Crippen LogP contribution in [0.1, 0.15) is 27.7 Å². The van der Waals surface area contributed by atoms with E-state index in [1.54, 1.807) is 0 Å². The second-order valence-corrected chi connectivity index (χ2v) is 3.86. The van der Waals surface area contributed by atoms with E-state index in [4.69, 9.17) is 4.74 Å². The maximum absolute atomic E-state index is 10.9. The molecule has 12 heavy (non-hydrogen) atoms. The third-order valence-electron chi connectivity index (χ3n) is 2.53. The maximum atomic E-state index is 10.9. The zero-order chi connectivity index (χ0) is 9.30. The summed E-state index contributed by atoms with van der Waals surface area (Å²) in [5.74, 6) is 0.957. The first-order valence-corrected chi connectivity index (χ1v) is 4.49. The number of ether oxygens (including phenoxy) is 1. The summed E-state index contributed by atoms with van der Waals surface area (Å²) < 4.78 is 5.08. The SMILES string of the molecule is CC(C)[C@H]1[C@H](C)OC(=O)N[C@@H]1C. The number of cyclic esters (lactones) is 1. The van der Waals surface area contributed by atoms with Crippen molar-refractivity contribution in [1.29, 1.82) is 0 Å². The van der Waals surface area contributed by atoms with Crippen LogP contribution in [0.4, 0.5) is 4.79 Å². The van der Waals surface area contributed by atoms with E-state index >= 15 is 0 Å². The van der Waals surface area contributed by atoms with Gasteiger partial charge in [0.25, 0.3) is 0 Å². The monoisotopic (exact) mass is 171 g/mol. The van der Waals surface area contributed by atoms with E-state index in [-0.39, 0.29) is 18.2 Å². The molecule has 0 aliphatic carbocycles. The van der Waals surface area contributed by atoms with Gasteiger partial charge < -0.3 is 10.1 Å². The van der Waals surface area contributed by atoms with Crippen LogP contribution in [0, 0.1) is 11.8 Å². The summed E-state index contributed by atoms with van der Waals surface area (Å²) in [6, 6.07) is 0.223. The lowest BCUT2D eigenvalue weighted by Gasteiger charge is -2.37. The molecule has 0 spiro atoms. The minimum atomic E-state index is -0.285. The van der Waals surface area contributed by atoms with Crippen molar-refractivity contribution < 1.29 is 9.53 Å². The van der Waals surface area contributed by atoms with Gasteiger partial charge in [0.15, 0.2) is 0 Å². The molecule has 0 radical (unpaired) electrons. The summed E-state index contributed by atoms with van der Waals surface area (Å²) in [7, 11) is 0. The van der Waals surface area contributed by atoms with E-state index in [0.717, 1.165) is 0 Å². The zero-order valence-electron chi connectivity index (χ0n) is 8.13. The van der Waals surface area contributed by atoms with Crippen molar-refractivity contribution in [2.45, 2.75) is 39.8 Å². The van der Waals surface area contributed by atoms with Crippen LogP contribution in [-0.4, -0.2) is 18.2 Å². The lowest BCUT2D eigenvalue weighted by molar-refractivity contribution is 0.0121. The molecule has 1 rings (SSSR count). The molecule has 1 fully saturated rings. The quantitative estimate of drug-likeness (QED) is 0.653.